The van der Waals surface area contributed by atoms with E-state index in [1.54, 1.807) is 4.90 Å². The van der Waals surface area contributed by atoms with Crippen LogP contribution in [0.25, 0.3) is 0 Å². The van der Waals surface area contributed by atoms with Gasteiger partial charge in [0.2, 0.25) is 0 Å². The zero-order chi connectivity index (χ0) is 19.2. The first-order valence-corrected chi connectivity index (χ1v) is 10.1. The molecule has 144 valence electrons. The maximum absolute atomic E-state index is 13.2. The normalized spacial score (nSPS) is 13.0. The molecule has 1 aliphatic heterocycles. The molecule has 2 heterocycles. The summed E-state index contributed by atoms with van der Waals surface area (Å²) in [5.74, 6) is 0.690. The summed E-state index contributed by atoms with van der Waals surface area (Å²) >= 11 is 5.97. The highest BCUT2D eigenvalue weighted by atomic mass is 35.5. The maximum Gasteiger partial charge on any atom is 0.264 e. The van der Waals surface area contributed by atoms with Crippen LogP contribution in [0.5, 0.6) is 11.6 Å². The van der Waals surface area contributed by atoms with Crippen molar-refractivity contribution in [3.05, 3.63) is 40.5 Å². The Kier molecular flexibility index (Phi) is 6.67. The Morgan fingerprint density at radius 1 is 1.04 bits per heavy atom. The van der Waals surface area contributed by atoms with E-state index in [9.17, 15) is 4.79 Å². The highest BCUT2D eigenvalue weighted by Crippen LogP contribution is 2.38. The molecular formula is C21H26ClN3O2. The average molecular weight is 388 g/mol. The van der Waals surface area contributed by atoms with Gasteiger partial charge >= 0.3 is 0 Å². The summed E-state index contributed by atoms with van der Waals surface area (Å²) in [4.78, 5) is 14.9. The molecule has 0 saturated heterocycles. The van der Waals surface area contributed by atoms with Crippen molar-refractivity contribution in [3.63, 3.8) is 0 Å². The lowest BCUT2D eigenvalue weighted by molar-refractivity contribution is 0.0986. The summed E-state index contributed by atoms with van der Waals surface area (Å²) in [6, 6.07) is 7.38. The van der Waals surface area contributed by atoms with Crippen molar-refractivity contribution < 1.29 is 9.53 Å². The lowest BCUT2D eigenvalue weighted by Crippen LogP contribution is -2.31. The van der Waals surface area contributed by atoms with E-state index in [-0.39, 0.29) is 16.9 Å². The Balaban J connectivity index is 1.78. The number of carbonyl (C=O) groups is 1. The molecule has 0 spiro atoms. The van der Waals surface area contributed by atoms with E-state index in [0.717, 1.165) is 24.1 Å². The van der Waals surface area contributed by atoms with Crippen LogP contribution in [0.1, 0.15) is 67.8 Å². The minimum Gasteiger partial charge on any atom is -0.435 e. The lowest BCUT2D eigenvalue weighted by atomic mass is 10.1. The molecule has 1 aliphatic rings. The summed E-state index contributed by atoms with van der Waals surface area (Å²) < 4.78 is 5.92. The number of halogens is 1. The minimum absolute atomic E-state index is 0.143. The van der Waals surface area contributed by atoms with Crippen molar-refractivity contribution in [1.82, 2.24) is 10.2 Å². The Hall–Kier alpha value is -2.14. The van der Waals surface area contributed by atoms with Gasteiger partial charge in [-0.05, 0) is 37.1 Å². The number of anilines is 1. The number of rotatable bonds is 8. The zero-order valence-electron chi connectivity index (χ0n) is 16.0. The van der Waals surface area contributed by atoms with Gasteiger partial charge in [-0.25, -0.2) is 0 Å². The topological polar surface area (TPSA) is 55.3 Å². The van der Waals surface area contributed by atoms with Crippen LogP contribution < -0.4 is 9.64 Å². The average Bonchev–Trinajstić information content (AvgIpc) is 2.76. The molecule has 0 unspecified atom stereocenters. The van der Waals surface area contributed by atoms with Crippen LogP contribution in [0.4, 0.5) is 5.69 Å². The van der Waals surface area contributed by atoms with E-state index < -0.39 is 0 Å². The third-order valence-electron chi connectivity index (χ3n) is 4.80. The molecule has 0 radical (unpaired) electrons. The summed E-state index contributed by atoms with van der Waals surface area (Å²) in [6.07, 6.45) is 8.36. The van der Waals surface area contributed by atoms with Crippen LogP contribution in [-0.2, 0) is 0 Å². The van der Waals surface area contributed by atoms with Crippen molar-refractivity contribution in [1.29, 1.82) is 0 Å². The summed E-state index contributed by atoms with van der Waals surface area (Å²) in [6.45, 7) is 4.86. The summed E-state index contributed by atoms with van der Waals surface area (Å²) in [5, 5.41) is 7.98. The second kappa shape index (κ2) is 9.18. The second-order valence-electron chi connectivity index (χ2n) is 7.04. The van der Waals surface area contributed by atoms with Crippen LogP contribution in [0.2, 0.25) is 5.15 Å². The summed E-state index contributed by atoms with van der Waals surface area (Å²) in [7, 11) is 0. The number of unbranched alkanes of at least 4 members (excludes halogenated alkanes) is 6. The first-order chi connectivity index (χ1) is 13.1. The number of benzene rings is 1. The van der Waals surface area contributed by atoms with Crippen molar-refractivity contribution in [2.45, 2.75) is 58.8 Å². The number of amides is 1. The maximum atomic E-state index is 13.2. The molecule has 3 rings (SSSR count). The number of nitrogens with zero attached hydrogens (tertiary/aromatic N) is 3. The van der Waals surface area contributed by atoms with E-state index in [2.05, 4.69) is 17.1 Å². The number of carbonyl (C=O) groups excluding carboxylic acids is 1. The quantitative estimate of drug-likeness (QED) is 0.526. The standard InChI is InChI=1S/C21H26ClN3O2/c1-3-4-5-6-7-8-9-12-25-17-11-10-15(2)13-18(17)27-20-16(21(25)26)14-19(22)23-24-20/h10-11,13-14H,3-9,12H2,1-2H3. The number of hydrogen-bond donors (Lipinski definition) is 0. The molecule has 27 heavy (non-hydrogen) atoms. The molecular weight excluding hydrogens is 362 g/mol. The molecule has 1 aromatic carbocycles. The van der Waals surface area contributed by atoms with Crippen molar-refractivity contribution in [2.75, 3.05) is 11.4 Å². The van der Waals surface area contributed by atoms with Gasteiger partial charge in [-0.1, -0.05) is 63.1 Å². The van der Waals surface area contributed by atoms with E-state index >= 15 is 0 Å². The lowest BCUT2D eigenvalue weighted by Gasteiger charge is -2.22. The van der Waals surface area contributed by atoms with E-state index in [1.807, 2.05) is 25.1 Å². The van der Waals surface area contributed by atoms with Crippen LogP contribution >= 0.6 is 11.6 Å². The van der Waals surface area contributed by atoms with Crippen LogP contribution in [0.3, 0.4) is 0 Å². The molecule has 0 bridgehead atoms. The van der Waals surface area contributed by atoms with E-state index in [1.165, 1.54) is 38.2 Å². The van der Waals surface area contributed by atoms with Gasteiger partial charge in [-0.2, -0.15) is 0 Å². The van der Waals surface area contributed by atoms with E-state index in [4.69, 9.17) is 16.3 Å². The first-order valence-electron chi connectivity index (χ1n) is 9.73. The molecule has 6 heteroatoms. The van der Waals surface area contributed by atoms with Gasteiger partial charge < -0.3 is 9.64 Å². The molecule has 0 N–H and O–H groups in total. The number of aromatic nitrogens is 2. The summed E-state index contributed by atoms with van der Waals surface area (Å²) in [5.41, 5.74) is 2.18. The predicted molar refractivity (Wildman–Crippen MR) is 108 cm³/mol. The fourth-order valence-corrected chi connectivity index (χ4v) is 3.47. The number of aryl methyl sites for hydroxylation is 1. The van der Waals surface area contributed by atoms with Gasteiger partial charge in [0.1, 0.15) is 5.56 Å². The van der Waals surface area contributed by atoms with Crippen LogP contribution in [0, 0.1) is 6.92 Å². The van der Waals surface area contributed by atoms with Gasteiger partial charge in [0, 0.05) is 6.54 Å². The molecule has 0 fully saturated rings. The van der Waals surface area contributed by atoms with Gasteiger partial charge in [-0.15, -0.1) is 10.2 Å². The molecule has 2 aromatic rings. The smallest absolute Gasteiger partial charge is 0.264 e. The Bertz CT molecular complexity index is 810. The highest BCUT2D eigenvalue weighted by Gasteiger charge is 2.29. The van der Waals surface area contributed by atoms with Gasteiger partial charge in [0.05, 0.1) is 5.69 Å². The molecule has 5 nitrogen and oxygen atoms in total. The van der Waals surface area contributed by atoms with Crippen LogP contribution in [-0.4, -0.2) is 22.6 Å². The number of hydrogen-bond acceptors (Lipinski definition) is 4. The Morgan fingerprint density at radius 3 is 2.56 bits per heavy atom. The van der Waals surface area contributed by atoms with E-state index in [0.29, 0.717) is 17.9 Å². The molecule has 0 saturated carbocycles. The van der Waals surface area contributed by atoms with Crippen molar-refractivity contribution in [3.8, 4) is 11.6 Å². The molecule has 0 atom stereocenters. The Morgan fingerprint density at radius 2 is 1.78 bits per heavy atom. The van der Waals surface area contributed by atoms with Crippen molar-refractivity contribution in [2.24, 2.45) is 0 Å². The third-order valence-corrected chi connectivity index (χ3v) is 4.99. The minimum atomic E-state index is -0.143. The fourth-order valence-electron chi connectivity index (χ4n) is 3.32. The largest absolute Gasteiger partial charge is 0.435 e. The second-order valence-corrected chi connectivity index (χ2v) is 7.42. The predicted octanol–water partition coefficient (Wildman–Crippen LogP) is 5.94. The zero-order valence-corrected chi connectivity index (χ0v) is 16.8. The highest BCUT2D eigenvalue weighted by molar-refractivity contribution is 6.29. The third kappa shape index (κ3) is 4.78. The van der Waals surface area contributed by atoms with Crippen LogP contribution in [0.15, 0.2) is 24.3 Å². The number of ether oxygens (including phenoxy) is 1. The van der Waals surface area contributed by atoms with Gasteiger partial charge in [0.25, 0.3) is 11.8 Å². The van der Waals surface area contributed by atoms with Gasteiger partial charge in [0.15, 0.2) is 10.9 Å². The fraction of sp³-hybridized carbons (Fsp3) is 0.476. The van der Waals surface area contributed by atoms with Crippen molar-refractivity contribution >= 4 is 23.2 Å². The molecule has 1 amide bonds. The molecule has 1 aromatic heterocycles. The first kappa shape index (κ1) is 19.6. The number of fused-ring (bicyclic) bond motifs is 2. The monoisotopic (exact) mass is 387 g/mol. The Labute approximate surface area is 165 Å². The van der Waals surface area contributed by atoms with Gasteiger partial charge in [-0.3, -0.25) is 4.79 Å². The SMILES string of the molecule is CCCCCCCCCN1C(=O)c2cc(Cl)nnc2Oc2cc(C)ccc21. The molecule has 0 aliphatic carbocycles.